The molecule has 3 aromatic rings. The molecule has 0 saturated heterocycles. The molecule has 1 aliphatic rings. The molecule has 9 nitrogen and oxygen atoms in total. The van der Waals surface area contributed by atoms with Gasteiger partial charge in [0, 0.05) is 0 Å². The van der Waals surface area contributed by atoms with Crippen LogP contribution in [0.5, 0.6) is 5.75 Å². The van der Waals surface area contributed by atoms with Crippen LogP contribution >= 0.6 is 11.3 Å². The standard InChI is InChI=1S/C22H24N4O5S2/c1-13-17(20-24-11-12-31-20)32-18-15(10-9-14-7-5-6-8-16(14)30-4)25-26(22(2,3)21(23)27)33(28,29)19(13)18/h5-8,10-12,25H,9H2,1-4H3,(H2,23,27)/b15-10-. The molecule has 0 atom stereocenters. The maximum atomic E-state index is 13.6. The van der Waals surface area contributed by atoms with Crippen LogP contribution in [0.25, 0.3) is 16.5 Å². The Morgan fingerprint density at radius 2 is 2.06 bits per heavy atom. The quantitative estimate of drug-likeness (QED) is 0.546. The van der Waals surface area contributed by atoms with Crippen molar-refractivity contribution in [3.05, 3.63) is 58.8 Å². The number of carbonyl (C=O) groups excluding carboxylic acids is 1. The molecule has 1 aromatic carbocycles. The van der Waals surface area contributed by atoms with Crippen molar-refractivity contribution >= 4 is 33.0 Å². The van der Waals surface area contributed by atoms with E-state index >= 15 is 0 Å². The lowest BCUT2D eigenvalue weighted by atomic mass is 10.1. The minimum atomic E-state index is -4.12. The Balaban J connectivity index is 1.90. The van der Waals surface area contributed by atoms with E-state index in [2.05, 4.69) is 10.4 Å². The van der Waals surface area contributed by atoms with Gasteiger partial charge in [0.25, 0.3) is 10.0 Å². The summed E-state index contributed by atoms with van der Waals surface area (Å²) >= 11 is 1.26. The molecule has 33 heavy (non-hydrogen) atoms. The van der Waals surface area contributed by atoms with Crippen molar-refractivity contribution < 1.29 is 22.4 Å². The number of nitrogens with two attached hydrogens (primary N) is 1. The summed E-state index contributed by atoms with van der Waals surface area (Å²) in [6.07, 6.45) is 5.26. The van der Waals surface area contributed by atoms with Gasteiger partial charge in [-0.3, -0.25) is 4.79 Å². The number of aromatic nitrogens is 1. The molecule has 3 heterocycles. The lowest BCUT2D eigenvalue weighted by Crippen LogP contribution is -2.61. The summed E-state index contributed by atoms with van der Waals surface area (Å²) in [6.45, 7) is 4.61. The number of primary amides is 1. The number of rotatable bonds is 6. The van der Waals surface area contributed by atoms with Crippen LogP contribution in [0, 0.1) is 6.92 Å². The van der Waals surface area contributed by atoms with Crippen molar-refractivity contribution in [2.45, 2.75) is 37.6 Å². The van der Waals surface area contributed by atoms with Crippen molar-refractivity contribution in [2.75, 3.05) is 7.11 Å². The fourth-order valence-electron chi connectivity index (χ4n) is 3.60. The number of hydrazine groups is 1. The predicted octanol–water partition coefficient (Wildman–Crippen LogP) is 3.08. The third kappa shape index (κ3) is 3.81. The molecule has 1 amide bonds. The van der Waals surface area contributed by atoms with Gasteiger partial charge >= 0.3 is 0 Å². The number of nitrogens with zero attached hydrogens (tertiary/aromatic N) is 2. The Morgan fingerprint density at radius 3 is 2.70 bits per heavy atom. The van der Waals surface area contributed by atoms with Gasteiger partial charge in [-0.1, -0.05) is 28.7 Å². The lowest BCUT2D eigenvalue weighted by Gasteiger charge is -2.39. The first-order valence-electron chi connectivity index (χ1n) is 10.1. The number of benzene rings is 1. The Labute approximate surface area is 195 Å². The van der Waals surface area contributed by atoms with Crippen LogP contribution in [-0.2, 0) is 21.2 Å². The molecule has 11 heteroatoms. The van der Waals surface area contributed by atoms with Gasteiger partial charge in [0.15, 0.2) is 0 Å². The topological polar surface area (TPSA) is 128 Å². The Bertz CT molecular complexity index is 1340. The zero-order valence-electron chi connectivity index (χ0n) is 18.6. The second kappa shape index (κ2) is 8.32. The summed E-state index contributed by atoms with van der Waals surface area (Å²) in [4.78, 5) is 17.6. The first kappa shape index (κ1) is 23.0. The van der Waals surface area contributed by atoms with Crippen LogP contribution in [0.2, 0.25) is 0 Å². The van der Waals surface area contributed by atoms with Crippen LogP contribution in [0.1, 0.15) is 29.9 Å². The molecule has 4 rings (SSSR count). The molecule has 0 saturated carbocycles. The molecular weight excluding hydrogens is 464 g/mol. The highest BCUT2D eigenvalue weighted by atomic mass is 32.2. The van der Waals surface area contributed by atoms with E-state index in [9.17, 15) is 13.2 Å². The number of carbonyl (C=O) groups is 1. The van der Waals surface area contributed by atoms with Crippen molar-refractivity contribution in [1.82, 2.24) is 14.8 Å². The number of para-hydroxylation sites is 1. The SMILES string of the molecule is COc1ccccc1C/C=C1\NN(C(C)(C)C(N)=O)S(=O)(=O)c2c1sc(-c1ncco1)c2C. The molecule has 0 spiro atoms. The number of allylic oxidation sites excluding steroid dienone is 1. The van der Waals surface area contributed by atoms with E-state index in [4.69, 9.17) is 14.9 Å². The number of hydrogen-bond acceptors (Lipinski definition) is 8. The van der Waals surface area contributed by atoms with Gasteiger partial charge in [-0.2, -0.15) is 0 Å². The van der Waals surface area contributed by atoms with Crippen molar-refractivity contribution in [3.63, 3.8) is 0 Å². The number of hydrogen-bond donors (Lipinski definition) is 2. The Kier molecular flexibility index (Phi) is 5.81. The summed E-state index contributed by atoms with van der Waals surface area (Å²) in [5, 5.41) is 0. The number of thiophene rings is 1. The molecule has 1 aliphatic heterocycles. The second-order valence-electron chi connectivity index (χ2n) is 7.99. The Morgan fingerprint density at radius 1 is 1.33 bits per heavy atom. The minimum absolute atomic E-state index is 0.0973. The fourth-order valence-corrected chi connectivity index (χ4v) is 7.16. The number of fused-ring (bicyclic) bond motifs is 1. The highest BCUT2D eigenvalue weighted by molar-refractivity contribution is 7.89. The number of sulfonamides is 1. The van der Waals surface area contributed by atoms with E-state index in [-0.39, 0.29) is 4.90 Å². The molecule has 0 aliphatic carbocycles. The summed E-state index contributed by atoms with van der Waals surface area (Å²) in [5.74, 6) is 0.258. The van der Waals surface area contributed by atoms with Gasteiger partial charge in [-0.15, -0.1) is 11.3 Å². The van der Waals surface area contributed by atoms with Crippen LogP contribution in [-0.4, -0.2) is 36.4 Å². The van der Waals surface area contributed by atoms with Gasteiger partial charge in [-0.25, -0.2) is 13.4 Å². The molecule has 0 bridgehead atoms. The molecule has 0 radical (unpaired) electrons. The summed E-state index contributed by atoms with van der Waals surface area (Å²) < 4.78 is 39.1. The van der Waals surface area contributed by atoms with Gasteiger partial charge in [0.2, 0.25) is 11.8 Å². The zero-order chi connectivity index (χ0) is 24.0. The smallest absolute Gasteiger partial charge is 0.262 e. The predicted molar refractivity (Wildman–Crippen MR) is 125 cm³/mol. The van der Waals surface area contributed by atoms with Crippen molar-refractivity contribution in [1.29, 1.82) is 0 Å². The highest BCUT2D eigenvalue weighted by Gasteiger charge is 2.48. The van der Waals surface area contributed by atoms with E-state index in [1.165, 1.54) is 37.6 Å². The Hall–Kier alpha value is -3.15. The van der Waals surface area contributed by atoms with Crippen LogP contribution in [0.3, 0.4) is 0 Å². The van der Waals surface area contributed by atoms with Gasteiger partial charge < -0.3 is 20.3 Å². The molecule has 0 fully saturated rings. The number of nitrogens with one attached hydrogen (secondary N) is 1. The fraction of sp³-hybridized carbons (Fsp3) is 0.273. The third-order valence-electron chi connectivity index (χ3n) is 5.51. The second-order valence-corrected chi connectivity index (χ2v) is 10.7. The number of methoxy groups -OCH3 is 1. The van der Waals surface area contributed by atoms with E-state index in [0.717, 1.165) is 15.7 Å². The maximum absolute atomic E-state index is 13.6. The van der Waals surface area contributed by atoms with Crippen LogP contribution < -0.4 is 15.9 Å². The molecule has 174 valence electrons. The number of ether oxygens (including phenoxy) is 1. The minimum Gasteiger partial charge on any atom is -0.496 e. The molecule has 0 unspecified atom stereocenters. The van der Waals surface area contributed by atoms with E-state index in [1.54, 1.807) is 14.0 Å². The first-order valence-corrected chi connectivity index (χ1v) is 12.3. The largest absolute Gasteiger partial charge is 0.496 e. The monoisotopic (exact) mass is 488 g/mol. The molecule has 2 aromatic heterocycles. The van der Waals surface area contributed by atoms with Crippen LogP contribution in [0.15, 0.2) is 52.1 Å². The van der Waals surface area contributed by atoms with E-state index in [1.807, 2.05) is 30.3 Å². The maximum Gasteiger partial charge on any atom is 0.262 e. The lowest BCUT2D eigenvalue weighted by molar-refractivity contribution is -0.126. The molecule has 3 N–H and O–H groups in total. The van der Waals surface area contributed by atoms with E-state index < -0.39 is 21.5 Å². The van der Waals surface area contributed by atoms with Crippen molar-refractivity contribution in [3.8, 4) is 16.5 Å². The molecular formula is C22H24N4O5S2. The average Bonchev–Trinajstić information content (AvgIpc) is 3.41. The first-order chi connectivity index (χ1) is 15.6. The van der Waals surface area contributed by atoms with Gasteiger partial charge in [0.05, 0.1) is 28.8 Å². The van der Waals surface area contributed by atoms with Crippen molar-refractivity contribution in [2.24, 2.45) is 5.73 Å². The van der Waals surface area contributed by atoms with E-state index in [0.29, 0.717) is 33.3 Å². The van der Waals surface area contributed by atoms with Crippen LogP contribution in [0.4, 0.5) is 0 Å². The van der Waals surface area contributed by atoms with Gasteiger partial charge in [-0.05, 0) is 44.4 Å². The highest BCUT2D eigenvalue weighted by Crippen LogP contribution is 2.45. The average molecular weight is 489 g/mol. The van der Waals surface area contributed by atoms with Gasteiger partial charge in [0.1, 0.15) is 22.4 Å². The third-order valence-corrected chi connectivity index (χ3v) is 9.01. The number of amides is 1. The summed E-state index contributed by atoms with van der Waals surface area (Å²) in [5.41, 5.74) is 8.93. The zero-order valence-corrected chi connectivity index (χ0v) is 20.2. The summed E-state index contributed by atoms with van der Waals surface area (Å²) in [6, 6.07) is 7.57. The summed E-state index contributed by atoms with van der Waals surface area (Å²) in [7, 11) is -2.52. The normalized spacial score (nSPS) is 16.9. The number of oxazole rings is 1.